The number of rotatable bonds is 6. The van der Waals surface area contributed by atoms with Gasteiger partial charge in [-0.2, -0.15) is 21.6 Å². The zero-order chi connectivity index (χ0) is 22.9. The number of nitrogens with zero attached hydrogens (tertiary/aromatic N) is 2. The molecule has 2 heterocycles. The second kappa shape index (κ2) is 8.19. The molecule has 0 radical (unpaired) electrons. The van der Waals surface area contributed by atoms with Gasteiger partial charge in [0.15, 0.2) is 5.75 Å². The lowest BCUT2D eigenvalue weighted by Crippen LogP contribution is -2.28. The van der Waals surface area contributed by atoms with Crippen LogP contribution in [0.1, 0.15) is 11.1 Å². The highest BCUT2D eigenvalue weighted by Crippen LogP contribution is 2.32. The molecule has 0 fully saturated rings. The van der Waals surface area contributed by atoms with Crippen molar-refractivity contribution < 1.29 is 25.8 Å². The van der Waals surface area contributed by atoms with Crippen molar-refractivity contribution in [3.8, 4) is 5.75 Å². The predicted molar refractivity (Wildman–Crippen MR) is 113 cm³/mol. The number of alkyl halides is 3. The fourth-order valence-electron chi connectivity index (χ4n) is 3.36. The van der Waals surface area contributed by atoms with Crippen molar-refractivity contribution in [2.75, 3.05) is 0 Å². The Hall–Kier alpha value is -3.53. The van der Waals surface area contributed by atoms with Crippen LogP contribution in [0.5, 0.6) is 5.75 Å². The Bertz CT molecular complexity index is 1410. The van der Waals surface area contributed by atoms with Crippen molar-refractivity contribution in [1.82, 2.24) is 9.13 Å². The first-order chi connectivity index (χ1) is 15.2. The van der Waals surface area contributed by atoms with E-state index in [1.807, 2.05) is 12.1 Å². The van der Waals surface area contributed by atoms with Crippen LogP contribution in [0.4, 0.5) is 13.2 Å². The summed E-state index contributed by atoms with van der Waals surface area (Å²) in [5, 5.41) is -0.243. The Kier molecular flexibility index (Phi) is 5.55. The van der Waals surface area contributed by atoms with Crippen LogP contribution in [0.3, 0.4) is 0 Å². The minimum atomic E-state index is -5.95. The van der Waals surface area contributed by atoms with Gasteiger partial charge in [-0.15, -0.1) is 0 Å². The third-order valence-corrected chi connectivity index (χ3v) is 5.81. The second-order valence-electron chi connectivity index (χ2n) is 7.08. The van der Waals surface area contributed by atoms with E-state index in [0.717, 1.165) is 17.3 Å². The molecule has 0 atom stereocenters. The molecule has 0 aliphatic rings. The van der Waals surface area contributed by atoms with Crippen LogP contribution in [-0.2, 0) is 23.2 Å². The van der Waals surface area contributed by atoms with Crippen LogP contribution in [-0.4, -0.2) is 23.1 Å². The molecule has 6 nitrogen and oxygen atoms in total. The Labute approximate surface area is 181 Å². The highest BCUT2D eigenvalue weighted by molar-refractivity contribution is 7.88. The molecular weight excluding hydrogens is 445 g/mol. The second-order valence-corrected chi connectivity index (χ2v) is 8.62. The fourth-order valence-corrected chi connectivity index (χ4v) is 3.81. The molecule has 0 saturated heterocycles. The molecule has 4 aromatic rings. The quantitative estimate of drug-likeness (QED) is 0.319. The van der Waals surface area contributed by atoms with E-state index in [0.29, 0.717) is 0 Å². The van der Waals surface area contributed by atoms with Crippen LogP contribution in [0.2, 0.25) is 0 Å². The number of hydrogen-bond donors (Lipinski definition) is 0. The SMILES string of the molecule is O=c1c2c(OS(=O)(=O)C(F)(F)F)cn(Cc3ccccc3)c2ccn1Cc1ccccc1. The van der Waals surface area contributed by atoms with Gasteiger partial charge in [0.1, 0.15) is 5.39 Å². The fraction of sp³-hybridized carbons (Fsp3) is 0.136. The lowest BCUT2D eigenvalue weighted by atomic mass is 10.2. The van der Waals surface area contributed by atoms with Crippen molar-refractivity contribution in [2.45, 2.75) is 18.6 Å². The van der Waals surface area contributed by atoms with E-state index in [2.05, 4.69) is 4.18 Å². The van der Waals surface area contributed by atoms with Crippen LogP contribution >= 0.6 is 0 Å². The smallest absolute Gasteiger partial charge is 0.374 e. The minimum absolute atomic E-state index is 0.158. The maximum atomic E-state index is 13.1. The Balaban J connectivity index is 1.85. The first-order valence-corrected chi connectivity index (χ1v) is 10.9. The molecule has 0 aliphatic heterocycles. The Morgan fingerprint density at radius 3 is 1.88 bits per heavy atom. The average Bonchev–Trinajstić information content (AvgIpc) is 3.08. The standard InChI is InChI=1S/C22H17F3N2O4S/c23-22(24,25)32(29,30)31-19-15-27(14-17-9-5-2-6-10-17)18-11-12-26(21(28)20(18)19)13-16-7-3-1-4-8-16/h1-12,15H,13-14H2. The number of benzene rings is 2. The van der Waals surface area contributed by atoms with E-state index in [1.165, 1.54) is 15.3 Å². The average molecular weight is 462 g/mol. The lowest BCUT2D eigenvalue weighted by molar-refractivity contribution is -0.0499. The highest BCUT2D eigenvalue weighted by Gasteiger charge is 2.49. The molecule has 32 heavy (non-hydrogen) atoms. The molecule has 0 aliphatic carbocycles. The molecule has 2 aromatic heterocycles. The van der Waals surface area contributed by atoms with Crippen LogP contribution in [0.25, 0.3) is 10.9 Å². The van der Waals surface area contributed by atoms with E-state index in [9.17, 15) is 26.4 Å². The first-order valence-electron chi connectivity index (χ1n) is 9.46. The summed E-state index contributed by atoms with van der Waals surface area (Å²) in [5.74, 6) is -0.666. The van der Waals surface area contributed by atoms with Gasteiger partial charge in [0.25, 0.3) is 5.56 Å². The first kappa shape index (κ1) is 21.7. The Morgan fingerprint density at radius 2 is 1.34 bits per heavy atom. The number of aromatic nitrogens is 2. The molecule has 10 heteroatoms. The van der Waals surface area contributed by atoms with E-state index in [4.69, 9.17) is 0 Å². The number of fused-ring (bicyclic) bond motifs is 1. The van der Waals surface area contributed by atoms with Crippen molar-refractivity contribution in [2.24, 2.45) is 0 Å². The van der Waals surface area contributed by atoms with Crippen molar-refractivity contribution in [3.63, 3.8) is 0 Å². The molecule has 4 rings (SSSR count). The molecule has 166 valence electrons. The predicted octanol–water partition coefficient (Wildman–Crippen LogP) is 4.13. The summed E-state index contributed by atoms with van der Waals surface area (Å²) < 4.78 is 69.3. The van der Waals surface area contributed by atoms with E-state index in [1.54, 1.807) is 54.6 Å². The van der Waals surface area contributed by atoms with E-state index >= 15 is 0 Å². The third kappa shape index (κ3) is 4.26. The molecular formula is C22H17F3N2O4S. The van der Waals surface area contributed by atoms with Gasteiger partial charge in [-0.25, -0.2) is 0 Å². The Morgan fingerprint density at radius 1 is 0.812 bits per heavy atom. The molecule has 0 amide bonds. The van der Waals surface area contributed by atoms with Gasteiger partial charge in [0.2, 0.25) is 0 Å². The van der Waals surface area contributed by atoms with E-state index in [-0.39, 0.29) is 24.0 Å². The van der Waals surface area contributed by atoms with Gasteiger partial charge >= 0.3 is 15.6 Å². The van der Waals surface area contributed by atoms with Gasteiger partial charge in [-0.05, 0) is 17.2 Å². The minimum Gasteiger partial charge on any atom is -0.374 e. The van der Waals surface area contributed by atoms with Gasteiger partial charge in [-0.1, -0.05) is 60.7 Å². The summed E-state index contributed by atoms with van der Waals surface area (Å²) in [4.78, 5) is 13.1. The van der Waals surface area contributed by atoms with Gasteiger partial charge in [0, 0.05) is 18.9 Å². The number of hydrogen-bond acceptors (Lipinski definition) is 4. The zero-order valence-electron chi connectivity index (χ0n) is 16.5. The molecule has 0 saturated carbocycles. The molecule has 0 N–H and O–H groups in total. The van der Waals surface area contributed by atoms with Gasteiger partial charge in [-0.3, -0.25) is 4.79 Å². The topological polar surface area (TPSA) is 70.3 Å². The summed E-state index contributed by atoms with van der Waals surface area (Å²) in [7, 11) is -5.95. The maximum absolute atomic E-state index is 13.1. The summed E-state index contributed by atoms with van der Waals surface area (Å²) in [6.45, 7) is 0.361. The van der Waals surface area contributed by atoms with Crippen molar-refractivity contribution >= 4 is 21.0 Å². The highest BCUT2D eigenvalue weighted by atomic mass is 32.2. The molecule has 0 unspecified atom stereocenters. The third-order valence-electron chi connectivity index (χ3n) is 4.85. The normalized spacial score (nSPS) is 12.2. The van der Waals surface area contributed by atoms with Crippen LogP contribution in [0.15, 0.2) is 83.9 Å². The molecule has 0 spiro atoms. The largest absolute Gasteiger partial charge is 0.534 e. The van der Waals surface area contributed by atoms with Gasteiger partial charge < -0.3 is 13.3 Å². The summed E-state index contributed by atoms with van der Waals surface area (Å²) >= 11 is 0. The van der Waals surface area contributed by atoms with Crippen molar-refractivity contribution in [3.05, 3.63) is 101 Å². The molecule has 0 bridgehead atoms. The van der Waals surface area contributed by atoms with Gasteiger partial charge in [0.05, 0.1) is 12.1 Å². The summed E-state index contributed by atoms with van der Waals surface area (Å²) in [6, 6.07) is 19.5. The monoisotopic (exact) mass is 462 g/mol. The zero-order valence-corrected chi connectivity index (χ0v) is 17.3. The summed E-state index contributed by atoms with van der Waals surface area (Å²) in [6.07, 6.45) is 2.62. The van der Waals surface area contributed by atoms with Crippen LogP contribution in [0, 0.1) is 0 Å². The maximum Gasteiger partial charge on any atom is 0.534 e. The number of pyridine rings is 1. The van der Waals surface area contributed by atoms with Crippen LogP contribution < -0.4 is 9.74 Å². The summed E-state index contributed by atoms with van der Waals surface area (Å²) in [5.41, 5.74) is -4.43. The number of halogens is 3. The lowest BCUT2D eigenvalue weighted by Gasteiger charge is -2.09. The van der Waals surface area contributed by atoms with Crippen molar-refractivity contribution in [1.29, 1.82) is 0 Å². The van der Waals surface area contributed by atoms with E-state index < -0.39 is 26.9 Å². The molecule has 2 aromatic carbocycles.